The molecule has 1 aromatic heterocycles. The Labute approximate surface area is 146 Å². The Morgan fingerprint density at radius 1 is 1.28 bits per heavy atom. The van der Waals surface area contributed by atoms with Crippen LogP contribution in [0.25, 0.3) is 0 Å². The van der Waals surface area contributed by atoms with Crippen molar-refractivity contribution in [1.82, 2.24) is 4.90 Å². The molecular weight excluding hydrogens is 322 g/mol. The van der Waals surface area contributed by atoms with Gasteiger partial charge in [0.05, 0.1) is 18.8 Å². The SMILES string of the molecule is CCc1oc(C(=O)N2CC(C)OCC2c2ccccc2)cc1C(=O)O. The van der Waals surface area contributed by atoms with Gasteiger partial charge in [-0.15, -0.1) is 0 Å². The average Bonchev–Trinajstić information content (AvgIpc) is 3.06. The number of rotatable bonds is 4. The van der Waals surface area contributed by atoms with Gasteiger partial charge in [-0.1, -0.05) is 37.3 Å². The summed E-state index contributed by atoms with van der Waals surface area (Å²) >= 11 is 0. The molecule has 1 aromatic carbocycles. The number of furan rings is 1. The molecule has 2 aromatic rings. The number of carboxylic acids is 1. The highest BCUT2D eigenvalue weighted by Crippen LogP contribution is 2.29. The Hall–Kier alpha value is -2.60. The summed E-state index contributed by atoms with van der Waals surface area (Å²) in [6.45, 7) is 4.51. The van der Waals surface area contributed by atoms with E-state index >= 15 is 0 Å². The number of amides is 1. The first-order valence-electron chi connectivity index (χ1n) is 8.34. The molecule has 1 fully saturated rings. The lowest BCUT2D eigenvalue weighted by atomic mass is 10.0. The smallest absolute Gasteiger partial charge is 0.339 e. The molecule has 0 aliphatic carbocycles. The van der Waals surface area contributed by atoms with E-state index in [0.29, 0.717) is 25.3 Å². The van der Waals surface area contributed by atoms with Crippen LogP contribution < -0.4 is 0 Å². The van der Waals surface area contributed by atoms with Crippen molar-refractivity contribution >= 4 is 11.9 Å². The predicted molar refractivity (Wildman–Crippen MR) is 90.7 cm³/mol. The number of ether oxygens (including phenoxy) is 1. The van der Waals surface area contributed by atoms with Gasteiger partial charge in [0.25, 0.3) is 5.91 Å². The van der Waals surface area contributed by atoms with Crippen molar-refractivity contribution in [3.05, 3.63) is 59.0 Å². The Morgan fingerprint density at radius 3 is 2.60 bits per heavy atom. The van der Waals surface area contributed by atoms with Crippen molar-refractivity contribution in [2.24, 2.45) is 0 Å². The number of hydrogen-bond acceptors (Lipinski definition) is 4. The third kappa shape index (κ3) is 3.44. The quantitative estimate of drug-likeness (QED) is 0.922. The Kier molecular flexibility index (Phi) is 4.90. The fraction of sp³-hybridized carbons (Fsp3) is 0.368. The number of aryl methyl sites for hydroxylation is 1. The zero-order valence-electron chi connectivity index (χ0n) is 14.3. The molecule has 1 aliphatic rings. The van der Waals surface area contributed by atoms with Gasteiger partial charge < -0.3 is 19.2 Å². The van der Waals surface area contributed by atoms with Crippen LogP contribution in [0.1, 0.15) is 52.1 Å². The first-order valence-corrected chi connectivity index (χ1v) is 8.34. The largest absolute Gasteiger partial charge is 0.478 e. The van der Waals surface area contributed by atoms with E-state index in [1.165, 1.54) is 6.07 Å². The summed E-state index contributed by atoms with van der Waals surface area (Å²) in [5, 5.41) is 9.27. The maximum atomic E-state index is 13.0. The predicted octanol–water partition coefficient (Wildman–Crippen LogP) is 3.14. The molecule has 2 heterocycles. The lowest BCUT2D eigenvalue weighted by molar-refractivity contribution is -0.0457. The van der Waals surface area contributed by atoms with Gasteiger partial charge >= 0.3 is 5.97 Å². The number of morpholine rings is 1. The van der Waals surface area contributed by atoms with E-state index in [0.717, 1.165) is 5.56 Å². The number of nitrogens with zero attached hydrogens (tertiary/aromatic N) is 1. The summed E-state index contributed by atoms with van der Waals surface area (Å²) in [4.78, 5) is 26.0. The minimum Gasteiger partial charge on any atom is -0.478 e. The highest BCUT2D eigenvalue weighted by Gasteiger charge is 2.34. The van der Waals surface area contributed by atoms with Gasteiger partial charge in [0.1, 0.15) is 11.3 Å². The lowest BCUT2D eigenvalue weighted by Gasteiger charge is -2.38. The molecule has 1 saturated heterocycles. The topological polar surface area (TPSA) is 80.0 Å². The van der Waals surface area contributed by atoms with Gasteiger partial charge in [-0.3, -0.25) is 4.79 Å². The molecule has 25 heavy (non-hydrogen) atoms. The number of benzene rings is 1. The van der Waals surface area contributed by atoms with Crippen molar-refractivity contribution in [2.75, 3.05) is 13.2 Å². The molecule has 0 saturated carbocycles. The summed E-state index contributed by atoms with van der Waals surface area (Å²) in [5.74, 6) is -1.03. The number of carbonyl (C=O) groups is 2. The monoisotopic (exact) mass is 343 g/mol. The van der Waals surface area contributed by atoms with E-state index in [1.54, 1.807) is 11.8 Å². The summed E-state index contributed by atoms with van der Waals surface area (Å²) in [6, 6.07) is 10.8. The van der Waals surface area contributed by atoms with Crippen molar-refractivity contribution in [3.63, 3.8) is 0 Å². The van der Waals surface area contributed by atoms with E-state index in [9.17, 15) is 14.7 Å². The van der Waals surface area contributed by atoms with E-state index < -0.39 is 5.97 Å². The van der Waals surface area contributed by atoms with Crippen LogP contribution in [0.2, 0.25) is 0 Å². The van der Waals surface area contributed by atoms with Crippen LogP contribution >= 0.6 is 0 Å². The molecule has 3 rings (SSSR count). The van der Waals surface area contributed by atoms with Gasteiger partial charge in [-0.2, -0.15) is 0 Å². The molecule has 0 bridgehead atoms. The van der Waals surface area contributed by atoms with Crippen molar-refractivity contribution < 1.29 is 23.8 Å². The third-order valence-corrected chi connectivity index (χ3v) is 4.39. The maximum absolute atomic E-state index is 13.0. The molecule has 1 amide bonds. The fourth-order valence-corrected chi connectivity index (χ4v) is 3.10. The highest BCUT2D eigenvalue weighted by atomic mass is 16.5. The molecule has 1 N–H and O–H groups in total. The van der Waals surface area contributed by atoms with E-state index in [4.69, 9.17) is 9.15 Å². The number of carbonyl (C=O) groups excluding carboxylic acids is 1. The standard InChI is InChI=1S/C19H21NO5/c1-3-16-14(19(22)23)9-17(25-16)18(21)20-10-12(2)24-11-15(20)13-7-5-4-6-8-13/h4-9,12,15H,3,10-11H2,1-2H3,(H,22,23). The van der Waals surface area contributed by atoms with Crippen LogP contribution in [0.3, 0.4) is 0 Å². The fourth-order valence-electron chi connectivity index (χ4n) is 3.10. The molecule has 1 aliphatic heterocycles. The lowest BCUT2D eigenvalue weighted by Crippen LogP contribution is -2.46. The zero-order valence-corrected chi connectivity index (χ0v) is 14.3. The minimum absolute atomic E-state index is 0.0448. The summed E-state index contributed by atoms with van der Waals surface area (Å²) < 4.78 is 11.3. The highest BCUT2D eigenvalue weighted by molar-refractivity contribution is 5.96. The van der Waals surface area contributed by atoms with Crippen LogP contribution in [0.15, 0.2) is 40.8 Å². The maximum Gasteiger partial charge on any atom is 0.339 e. The van der Waals surface area contributed by atoms with Crippen molar-refractivity contribution in [2.45, 2.75) is 32.4 Å². The average molecular weight is 343 g/mol. The summed E-state index contributed by atoms with van der Waals surface area (Å²) in [6.07, 6.45) is 0.319. The van der Waals surface area contributed by atoms with Crippen LogP contribution in [-0.2, 0) is 11.2 Å². The molecule has 6 nitrogen and oxygen atoms in total. The number of hydrogen-bond donors (Lipinski definition) is 1. The summed E-state index contributed by atoms with van der Waals surface area (Å²) in [7, 11) is 0. The third-order valence-electron chi connectivity index (χ3n) is 4.39. The van der Waals surface area contributed by atoms with E-state index in [2.05, 4.69) is 0 Å². The van der Waals surface area contributed by atoms with Crippen LogP contribution in [0.5, 0.6) is 0 Å². The zero-order chi connectivity index (χ0) is 18.0. The van der Waals surface area contributed by atoms with E-state index in [-0.39, 0.29) is 29.4 Å². The van der Waals surface area contributed by atoms with Crippen molar-refractivity contribution in [3.8, 4) is 0 Å². The molecule has 132 valence electrons. The molecule has 2 atom stereocenters. The van der Waals surface area contributed by atoms with Gasteiger partial charge in [0, 0.05) is 19.0 Å². The molecule has 2 unspecified atom stereocenters. The minimum atomic E-state index is -1.09. The Bertz CT molecular complexity index is 767. The second kappa shape index (κ2) is 7.11. The Morgan fingerprint density at radius 2 is 2.00 bits per heavy atom. The van der Waals surface area contributed by atoms with Gasteiger partial charge in [0.15, 0.2) is 5.76 Å². The van der Waals surface area contributed by atoms with E-state index in [1.807, 2.05) is 37.3 Å². The number of carboxylic acid groups (broad SMARTS) is 1. The van der Waals surface area contributed by atoms with Crippen molar-refractivity contribution in [1.29, 1.82) is 0 Å². The van der Waals surface area contributed by atoms with Crippen LogP contribution in [0, 0.1) is 0 Å². The van der Waals surface area contributed by atoms with Crippen LogP contribution in [0.4, 0.5) is 0 Å². The first-order chi connectivity index (χ1) is 12.0. The van der Waals surface area contributed by atoms with Crippen LogP contribution in [-0.4, -0.2) is 41.1 Å². The normalized spacial score (nSPS) is 20.5. The first kappa shape index (κ1) is 17.2. The second-order valence-electron chi connectivity index (χ2n) is 6.13. The molecule has 0 radical (unpaired) electrons. The molecular formula is C19H21NO5. The Balaban J connectivity index is 1.94. The van der Waals surface area contributed by atoms with Gasteiger partial charge in [0.2, 0.25) is 0 Å². The molecule has 0 spiro atoms. The second-order valence-corrected chi connectivity index (χ2v) is 6.13. The summed E-state index contributed by atoms with van der Waals surface area (Å²) in [5.41, 5.74) is 1.02. The van der Waals surface area contributed by atoms with Gasteiger partial charge in [-0.25, -0.2) is 4.79 Å². The molecule has 6 heteroatoms. The number of aromatic carboxylic acids is 1. The van der Waals surface area contributed by atoms with Gasteiger partial charge in [-0.05, 0) is 12.5 Å².